The van der Waals surface area contributed by atoms with Gasteiger partial charge < -0.3 is 5.73 Å². The highest BCUT2D eigenvalue weighted by Crippen LogP contribution is 2.05. The van der Waals surface area contributed by atoms with Gasteiger partial charge in [-0.1, -0.05) is 24.3 Å². The van der Waals surface area contributed by atoms with Crippen LogP contribution < -0.4 is 5.73 Å². The van der Waals surface area contributed by atoms with E-state index in [1.165, 1.54) is 12.1 Å². The van der Waals surface area contributed by atoms with Gasteiger partial charge in [-0.15, -0.1) is 0 Å². The van der Waals surface area contributed by atoms with Crippen molar-refractivity contribution in [3.8, 4) is 0 Å². The van der Waals surface area contributed by atoms with Gasteiger partial charge in [-0.2, -0.15) is 0 Å². The fourth-order valence-corrected chi connectivity index (χ4v) is 0.873. The Labute approximate surface area is 71.7 Å². The maximum absolute atomic E-state index is 12.6. The van der Waals surface area contributed by atoms with Crippen molar-refractivity contribution in [1.82, 2.24) is 0 Å². The predicted octanol–water partition coefficient (Wildman–Crippen LogP) is 2.19. The van der Waals surface area contributed by atoms with E-state index in [1.807, 2.05) is 25.1 Å². The molecular formula is C10H12FN. The summed E-state index contributed by atoms with van der Waals surface area (Å²) in [6.45, 7) is 1.87. The summed E-state index contributed by atoms with van der Waals surface area (Å²) < 4.78 is 12.6. The first-order chi connectivity index (χ1) is 5.68. The second-order valence-corrected chi connectivity index (χ2v) is 2.77. The summed E-state index contributed by atoms with van der Waals surface area (Å²) in [5.74, 6) is -0.221. The van der Waals surface area contributed by atoms with Gasteiger partial charge in [0.15, 0.2) is 0 Å². The standard InChI is InChI=1S/C10H12FN/c1-8(12)5-6-9-3-2-4-10(11)7-9/h2-8H,12H2,1H3/b6-5+. The third-order valence-electron chi connectivity index (χ3n) is 1.44. The largest absolute Gasteiger partial charge is 0.325 e. The average molecular weight is 165 g/mol. The van der Waals surface area contributed by atoms with E-state index in [2.05, 4.69) is 0 Å². The van der Waals surface area contributed by atoms with Crippen molar-refractivity contribution >= 4 is 6.08 Å². The van der Waals surface area contributed by atoms with Crippen LogP contribution in [0, 0.1) is 5.82 Å². The van der Waals surface area contributed by atoms with E-state index in [1.54, 1.807) is 6.07 Å². The molecule has 0 saturated carbocycles. The third kappa shape index (κ3) is 2.84. The third-order valence-corrected chi connectivity index (χ3v) is 1.44. The van der Waals surface area contributed by atoms with Gasteiger partial charge >= 0.3 is 0 Å². The normalized spacial score (nSPS) is 13.6. The number of benzene rings is 1. The lowest BCUT2D eigenvalue weighted by Gasteiger charge is -1.95. The highest BCUT2D eigenvalue weighted by Gasteiger charge is 1.90. The molecule has 12 heavy (non-hydrogen) atoms. The van der Waals surface area contributed by atoms with E-state index in [-0.39, 0.29) is 11.9 Å². The summed E-state index contributed by atoms with van der Waals surface area (Å²) in [6, 6.07) is 6.41. The van der Waals surface area contributed by atoms with Crippen molar-refractivity contribution in [2.75, 3.05) is 0 Å². The maximum atomic E-state index is 12.6. The predicted molar refractivity (Wildman–Crippen MR) is 49.1 cm³/mol. The number of rotatable bonds is 2. The van der Waals surface area contributed by atoms with Crippen LogP contribution in [-0.4, -0.2) is 6.04 Å². The molecule has 0 saturated heterocycles. The van der Waals surface area contributed by atoms with Crippen LogP contribution >= 0.6 is 0 Å². The molecule has 0 radical (unpaired) electrons. The van der Waals surface area contributed by atoms with Crippen LogP contribution in [0.1, 0.15) is 12.5 Å². The van der Waals surface area contributed by atoms with Crippen molar-refractivity contribution in [1.29, 1.82) is 0 Å². The molecule has 1 atom stereocenters. The minimum atomic E-state index is -0.221. The van der Waals surface area contributed by atoms with Crippen molar-refractivity contribution in [3.05, 3.63) is 41.7 Å². The molecule has 2 heteroatoms. The Balaban J connectivity index is 2.76. The van der Waals surface area contributed by atoms with E-state index >= 15 is 0 Å². The quantitative estimate of drug-likeness (QED) is 0.714. The first-order valence-corrected chi connectivity index (χ1v) is 3.88. The second-order valence-electron chi connectivity index (χ2n) is 2.77. The van der Waals surface area contributed by atoms with Gasteiger partial charge in [0.05, 0.1) is 0 Å². The Hall–Kier alpha value is -1.15. The SMILES string of the molecule is CC(N)/C=C/c1cccc(F)c1. The molecule has 0 heterocycles. The van der Waals surface area contributed by atoms with E-state index in [0.717, 1.165) is 5.56 Å². The second kappa shape index (κ2) is 4.02. The lowest BCUT2D eigenvalue weighted by Crippen LogP contribution is -2.09. The summed E-state index contributed by atoms with van der Waals surface area (Å²) in [5.41, 5.74) is 6.34. The highest BCUT2D eigenvalue weighted by molar-refractivity contribution is 5.49. The summed E-state index contributed by atoms with van der Waals surface area (Å²) in [7, 11) is 0. The Morgan fingerprint density at radius 1 is 1.50 bits per heavy atom. The van der Waals surface area contributed by atoms with Gasteiger partial charge in [-0.05, 0) is 24.6 Å². The highest BCUT2D eigenvalue weighted by atomic mass is 19.1. The Bertz CT molecular complexity index is 279. The minimum absolute atomic E-state index is 0.00765. The molecule has 0 spiro atoms. The van der Waals surface area contributed by atoms with E-state index in [0.29, 0.717) is 0 Å². The zero-order chi connectivity index (χ0) is 8.97. The molecule has 1 aromatic carbocycles. The van der Waals surface area contributed by atoms with Crippen molar-refractivity contribution in [2.24, 2.45) is 5.73 Å². The number of hydrogen-bond acceptors (Lipinski definition) is 1. The Morgan fingerprint density at radius 2 is 2.25 bits per heavy atom. The summed E-state index contributed by atoms with van der Waals surface area (Å²) >= 11 is 0. The zero-order valence-electron chi connectivity index (χ0n) is 7.00. The van der Waals surface area contributed by atoms with Crippen molar-refractivity contribution in [3.63, 3.8) is 0 Å². The average Bonchev–Trinajstić information content (AvgIpc) is 2.01. The molecular weight excluding hydrogens is 153 g/mol. The molecule has 1 nitrogen and oxygen atoms in total. The zero-order valence-corrected chi connectivity index (χ0v) is 7.00. The molecule has 0 fully saturated rings. The van der Waals surface area contributed by atoms with E-state index in [4.69, 9.17) is 5.73 Å². The molecule has 1 unspecified atom stereocenters. The smallest absolute Gasteiger partial charge is 0.123 e. The van der Waals surface area contributed by atoms with Crippen LogP contribution in [0.3, 0.4) is 0 Å². The Morgan fingerprint density at radius 3 is 2.83 bits per heavy atom. The summed E-state index contributed by atoms with van der Waals surface area (Å²) in [5, 5.41) is 0. The molecule has 0 amide bonds. The van der Waals surface area contributed by atoms with Gasteiger partial charge in [-0.25, -0.2) is 4.39 Å². The molecule has 0 aliphatic heterocycles. The summed E-state index contributed by atoms with van der Waals surface area (Å²) in [6.07, 6.45) is 3.64. The van der Waals surface area contributed by atoms with E-state index < -0.39 is 0 Å². The fourth-order valence-electron chi connectivity index (χ4n) is 0.873. The van der Waals surface area contributed by atoms with Crippen LogP contribution in [0.5, 0.6) is 0 Å². The topological polar surface area (TPSA) is 26.0 Å². The van der Waals surface area contributed by atoms with Gasteiger partial charge in [0, 0.05) is 6.04 Å². The summed E-state index contributed by atoms with van der Waals surface area (Å²) in [4.78, 5) is 0. The molecule has 0 aromatic heterocycles. The van der Waals surface area contributed by atoms with E-state index in [9.17, 15) is 4.39 Å². The van der Waals surface area contributed by atoms with Crippen molar-refractivity contribution in [2.45, 2.75) is 13.0 Å². The van der Waals surface area contributed by atoms with Crippen molar-refractivity contribution < 1.29 is 4.39 Å². The monoisotopic (exact) mass is 165 g/mol. The molecule has 2 N–H and O–H groups in total. The fraction of sp³-hybridized carbons (Fsp3) is 0.200. The lowest BCUT2D eigenvalue weighted by atomic mass is 10.2. The van der Waals surface area contributed by atoms with Crippen LogP contribution in [0.25, 0.3) is 6.08 Å². The number of hydrogen-bond donors (Lipinski definition) is 1. The first kappa shape index (κ1) is 8.94. The molecule has 1 rings (SSSR count). The first-order valence-electron chi connectivity index (χ1n) is 3.88. The van der Waals surface area contributed by atoms with Gasteiger partial charge in [0.2, 0.25) is 0 Å². The molecule has 0 aliphatic carbocycles. The minimum Gasteiger partial charge on any atom is -0.325 e. The maximum Gasteiger partial charge on any atom is 0.123 e. The van der Waals surface area contributed by atoms with Crippen LogP contribution in [0.15, 0.2) is 30.3 Å². The van der Waals surface area contributed by atoms with Gasteiger partial charge in [0.25, 0.3) is 0 Å². The lowest BCUT2D eigenvalue weighted by molar-refractivity contribution is 0.627. The number of halogens is 1. The molecule has 1 aromatic rings. The Kier molecular flexibility index (Phi) is 3.00. The van der Waals surface area contributed by atoms with Gasteiger partial charge in [0.1, 0.15) is 5.82 Å². The number of nitrogens with two attached hydrogens (primary N) is 1. The molecule has 0 bridgehead atoms. The molecule has 0 aliphatic rings. The van der Waals surface area contributed by atoms with Crippen LogP contribution in [0.2, 0.25) is 0 Å². The van der Waals surface area contributed by atoms with Crippen LogP contribution in [0.4, 0.5) is 4.39 Å². The van der Waals surface area contributed by atoms with Gasteiger partial charge in [-0.3, -0.25) is 0 Å². The molecule has 64 valence electrons. The van der Waals surface area contributed by atoms with Crippen LogP contribution in [-0.2, 0) is 0 Å².